The predicted molar refractivity (Wildman–Crippen MR) is 93.1 cm³/mol. The Kier molecular flexibility index (Phi) is 2.98. The molecule has 5 nitrogen and oxygen atoms in total. The summed E-state index contributed by atoms with van der Waals surface area (Å²) in [7, 11) is 0. The number of aromatic nitrogens is 3. The van der Waals surface area contributed by atoms with E-state index in [1.54, 1.807) is 18.5 Å². The summed E-state index contributed by atoms with van der Waals surface area (Å²) in [6, 6.07) is 17.5. The van der Waals surface area contributed by atoms with E-state index in [1.165, 1.54) is 0 Å². The highest BCUT2D eigenvalue weighted by Crippen LogP contribution is 2.32. The molecule has 0 bridgehead atoms. The highest BCUT2D eigenvalue weighted by atomic mass is 15.2. The van der Waals surface area contributed by atoms with Crippen molar-refractivity contribution in [3.63, 3.8) is 0 Å². The van der Waals surface area contributed by atoms with E-state index < -0.39 is 0 Å². The molecule has 4 rings (SSSR count). The number of hydrogen-bond donors (Lipinski definition) is 2. The Bertz CT molecular complexity index is 989. The lowest BCUT2D eigenvalue weighted by atomic mass is 10.1. The van der Waals surface area contributed by atoms with E-state index in [0.29, 0.717) is 11.6 Å². The van der Waals surface area contributed by atoms with Crippen LogP contribution < -0.4 is 11.5 Å². The molecule has 4 N–H and O–H groups in total. The van der Waals surface area contributed by atoms with Gasteiger partial charge in [0.25, 0.3) is 0 Å². The number of benzene rings is 2. The normalized spacial score (nSPS) is 11.0. The van der Waals surface area contributed by atoms with Gasteiger partial charge in [0.05, 0.1) is 11.2 Å². The first kappa shape index (κ1) is 13.3. The average molecular weight is 301 g/mol. The van der Waals surface area contributed by atoms with Crippen molar-refractivity contribution in [3.8, 4) is 17.2 Å². The quantitative estimate of drug-likeness (QED) is 0.557. The molecular weight excluding hydrogens is 286 g/mol. The van der Waals surface area contributed by atoms with Crippen molar-refractivity contribution < 1.29 is 0 Å². The maximum Gasteiger partial charge on any atom is 0.234 e. The van der Waals surface area contributed by atoms with Crippen molar-refractivity contribution in [1.82, 2.24) is 14.5 Å². The third-order valence-corrected chi connectivity index (χ3v) is 3.76. The van der Waals surface area contributed by atoms with Crippen LogP contribution in [0.5, 0.6) is 0 Å². The van der Waals surface area contributed by atoms with Gasteiger partial charge in [0, 0.05) is 34.7 Å². The molecule has 0 spiro atoms. The largest absolute Gasteiger partial charge is 0.399 e. The zero-order valence-electron chi connectivity index (χ0n) is 12.3. The molecule has 0 atom stereocenters. The number of nitrogens with zero attached hydrogens (tertiary/aromatic N) is 3. The van der Waals surface area contributed by atoms with Gasteiger partial charge < -0.3 is 11.5 Å². The average Bonchev–Trinajstić information content (AvgIpc) is 2.94. The standard InChI is InChI=1S/C18H15N5/c19-14-4-1-3-12(9-14)17-11-13-10-15(20)5-6-16(13)23(17)18-21-7-2-8-22-18/h1-11H,19-20H2. The van der Waals surface area contributed by atoms with Gasteiger partial charge in [-0.1, -0.05) is 12.1 Å². The molecule has 0 aliphatic rings. The van der Waals surface area contributed by atoms with Gasteiger partial charge in [-0.25, -0.2) is 9.97 Å². The van der Waals surface area contributed by atoms with E-state index in [9.17, 15) is 0 Å². The minimum absolute atomic E-state index is 0.615. The fourth-order valence-corrected chi connectivity index (χ4v) is 2.77. The van der Waals surface area contributed by atoms with E-state index >= 15 is 0 Å². The van der Waals surface area contributed by atoms with Crippen LogP contribution in [0.1, 0.15) is 0 Å². The van der Waals surface area contributed by atoms with Crippen LogP contribution in [0.4, 0.5) is 11.4 Å². The summed E-state index contributed by atoms with van der Waals surface area (Å²) in [6.45, 7) is 0. The smallest absolute Gasteiger partial charge is 0.234 e. The van der Waals surface area contributed by atoms with Crippen LogP contribution in [0.15, 0.2) is 67.0 Å². The number of anilines is 2. The Labute approximate surface area is 133 Å². The lowest BCUT2D eigenvalue weighted by Crippen LogP contribution is -2.02. The van der Waals surface area contributed by atoms with Gasteiger partial charge in [0.1, 0.15) is 0 Å². The molecule has 0 aliphatic heterocycles. The zero-order chi connectivity index (χ0) is 15.8. The first-order valence-corrected chi connectivity index (χ1v) is 7.27. The molecule has 0 saturated carbocycles. The van der Waals surface area contributed by atoms with Gasteiger partial charge >= 0.3 is 0 Å². The van der Waals surface area contributed by atoms with Crippen LogP contribution >= 0.6 is 0 Å². The third kappa shape index (κ3) is 2.28. The maximum absolute atomic E-state index is 5.94. The summed E-state index contributed by atoms with van der Waals surface area (Å²) >= 11 is 0. The van der Waals surface area contributed by atoms with Crippen LogP contribution in [0, 0.1) is 0 Å². The lowest BCUT2D eigenvalue weighted by molar-refractivity contribution is 0.968. The second kappa shape index (κ2) is 5.14. The number of nitrogens with two attached hydrogens (primary N) is 2. The molecular formula is C18H15N5. The Morgan fingerprint density at radius 3 is 2.35 bits per heavy atom. The molecule has 0 saturated heterocycles. The lowest BCUT2D eigenvalue weighted by Gasteiger charge is -2.09. The van der Waals surface area contributed by atoms with Crippen molar-refractivity contribution in [2.24, 2.45) is 0 Å². The third-order valence-electron chi connectivity index (χ3n) is 3.76. The highest BCUT2D eigenvalue weighted by Gasteiger charge is 2.14. The molecule has 2 aromatic carbocycles. The van der Waals surface area contributed by atoms with E-state index in [1.807, 2.05) is 47.0 Å². The molecule has 0 fully saturated rings. The Balaban J connectivity index is 2.07. The minimum Gasteiger partial charge on any atom is -0.399 e. The molecule has 2 aromatic heterocycles. The van der Waals surface area contributed by atoms with Gasteiger partial charge in [-0.2, -0.15) is 0 Å². The highest BCUT2D eigenvalue weighted by molar-refractivity contribution is 5.91. The summed E-state index contributed by atoms with van der Waals surface area (Å²) in [4.78, 5) is 8.78. The molecule has 5 heteroatoms. The van der Waals surface area contributed by atoms with Gasteiger partial charge in [0.15, 0.2) is 0 Å². The maximum atomic E-state index is 5.94. The van der Waals surface area contributed by atoms with E-state index in [2.05, 4.69) is 16.0 Å². The van der Waals surface area contributed by atoms with Crippen molar-refractivity contribution >= 4 is 22.3 Å². The molecule has 2 heterocycles. The Morgan fingerprint density at radius 1 is 0.783 bits per heavy atom. The van der Waals surface area contributed by atoms with E-state index in [-0.39, 0.29) is 0 Å². The Morgan fingerprint density at radius 2 is 1.57 bits per heavy atom. The van der Waals surface area contributed by atoms with Crippen molar-refractivity contribution in [3.05, 3.63) is 67.0 Å². The first-order chi connectivity index (χ1) is 11.2. The van der Waals surface area contributed by atoms with Crippen LogP contribution in [0.25, 0.3) is 28.1 Å². The number of nitrogen functional groups attached to an aromatic ring is 2. The van der Waals surface area contributed by atoms with Crippen molar-refractivity contribution in [2.75, 3.05) is 11.5 Å². The van der Waals surface area contributed by atoms with Crippen LogP contribution in [0.3, 0.4) is 0 Å². The molecule has 23 heavy (non-hydrogen) atoms. The molecule has 112 valence electrons. The van der Waals surface area contributed by atoms with Gasteiger partial charge in [-0.05, 0) is 42.5 Å². The number of fused-ring (bicyclic) bond motifs is 1. The van der Waals surface area contributed by atoms with Crippen LogP contribution in [0.2, 0.25) is 0 Å². The molecule has 4 aromatic rings. The van der Waals surface area contributed by atoms with Gasteiger partial charge in [0.2, 0.25) is 5.95 Å². The molecule has 0 amide bonds. The topological polar surface area (TPSA) is 82.8 Å². The minimum atomic E-state index is 0.615. The van der Waals surface area contributed by atoms with E-state index in [0.717, 1.165) is 27.8 Å². The summed E-state index contributed by atoms with van der Waals surface area (Å²) < 4.78 is 2.02. The second-order valence-electron chi connectivity index (χ2n) is 5.36. The number of rotatable bonds is 2. The van der Waals surface area contributed by atoms with Crippen molar-refractivity contribution in [2.45, 2.75) is 0 Å². The molecule has 0 aliphatic carbocycles. The fraction of sp³-hybridized carbons (Fsp3) is 0. The SMILES string of the molecule is Nc1cccc(-c2cc3cc(N)ccc3n2-c2ncccn2)c1. The summed E-state index contributed by atoms with van der Waals surface area (Å²) in [5.74, 6) is 0.615. The summed E-state index contributed by atoms with van der Waals surface area (Å²) in [5.41, 5.74) is 16.3. The van der Waals surface area contributed by atoms with E-state index in [4.69, 9.17) is 11.5 Å². The monoisotopic (exact) mass is 301 g/mol. The predicted octanol–water partition coefficient (Wildman–Crippen LogP) is 3.25. The van der Waals surface area contributed by atoms with Gasteiger partial charge in [-0.3, -0.25) is 4.57 Å². The zero-order valence-corrected chi connectivity index (χ0v) is 12.3. The number of hydrogen-bond acceptors (Lipinski definition) is 4. The van der Waals surface area contributed by atoms with Crippen LogP contribution in [-0.2, 0) is 0 Å². The van der Waals surface area contributed by atoms with Crippen molar-refractivity contribution in [1.29, 1.82) is 0 Å². The summed E-state index contributed by atoms with van der Waals surface area (Å²) in [5, 5.41) is 1.04. The summed E-state index contributed by atoms with van der Waals surface area (Å²) in [6.07, 6.45) is 3.46. The molecule has 0 radical (unpaired) electrons. The second-order valence-corrected chi connectivity index (χ2v) is 5.36. The Hall–Kier alpha value is -3.34. The molecule has 0 unspecified atom stereocenters. The van der Waals surface area contributed by atoms with Crippen LogP contribution in [-0.4, -0.2) is 14.5 Å². The van der Waals surface area contributed by atoms with Gasteiger partial charge in [-0.15, -0.1) is 0 Å². The fourth-order valence-electron chi connectivity index (χ4n) is 2.77. The first-order valence-electron chi connectivity index (χ1n) is 7.27.